The van der Waals surface area contributed by atoms with Crippen molar-refractivity contribution in [3.05, 3.63) is 69.2 Å². The zero-order chi connectivity index (χ0) is 11.5. The maximum Gasteiger partial charge on any atom is 0.105 e. The molecule has 1 atom stereocenters. The van der Waals surface area contributed by atoms with E-state index in [0.717, 1.165) is 15.6 Å². The molecule has 0 aromatic heterocycles. The Hall–Kier alpha value is -0.830. The van der Waals surface area contributed by atoms with E-state index < -0.39 is 6.10 Å². The summed E-state index contributed by atoms with van der Waals surface area (Å²) in [5.74, 6) is 0. The predicted molar refractivity (Wildman–Crippen MR) is 69.7 cm³/mol. The molecule has 0 saturated carbocycles. The van der Waals surface area contributed by atoms with Crippen molar-refractivity contribution in [3.63, 3.8) is 0 Å². The lowest BCUT2D eigenvalue weighted by atomic mass is 10.0. The minimum absolute atomic E-state index is 0.561. The smallest absolute Gasteiger partial charge is 0.105 e. The van der Waals surface area contributed by atoms with E-state index in [0.29, 0.717) is 5.02 Å². The molecule has 0 radical (unpaired) electrons. The van der Waals surface area contributed by atoms with Gasteiger partial charge in [-0.2, -0.15) is 0 Å². The number of hydrogen-bond acceptors (Lipinski definition) is 1. The molecule has 1 N–H and O–H groups in total. The van der Waals surface area contributed by atoms with Crippen LogP contribution in [-0.2, 0) is 0 Å². The molecule has 0 amide bonds. The van der Waals surface area contributed by atoms with Crippen molar-refractivity contribution < 1.29 is 5.11 Å². The highest BCUT2D eigenvalue weighted by molar-refractivity contribution is 9.10. The van der Waals surface area contributed by atoms with E-state index in [9.17, 15) is 5.11 Å². The molecule has 16 heavy (non-hydrogen) atoms. The maximum absolute atomic E-state index is 10.2. The van der Waals surface area contributed by atoms with E-state index in [2.05, 4.69) is 15.9 Å². The van der Waals surface area contributed by atoms with Gasteiger partial charge in [-0.05, 0) is 17.7 Å². The molecule has 2 aromatic carbocycles. The van der Waals surface area contributed by atoms with Gasteiger partial charge in [0.1, 0.15) is 6.10 Å². The SMILES string of the molecule is OC(c1ccccc1)c1ccc(Br)cc1Cl. The number of benzene rings is 2. The first-order valence-electron chi connectivity index (χ1n) is 4.86. The second-order valence-electron chi connectivity index (χ2n) is 3.48. The van der Waals surface area contributed by atoms with Crippen LogP contribution in [0.15, 0.2) is 53.0 Å². The average molecular weight is 298 g/mol. The van der Waals surface area contributed by atoms with Crippen molar-refractivity contribution in [2.45, 2.75) is 6.10 Å². The topological polar surface area (TPSA) is 20.2 Å². The second kappa shape index (κ2) is 5.00. The third-order valence-corrected chi connectivity index (χ3v) is 3.19. The van der Waals surface area contributed by atoms with Gasteiger partial charge < -0.3 is 5.11 Å². The summed E-state index contributed by atoms with van der Waals surface area (Å²) in [6.45, 7) is 0. The minimum atomic E-state index is -0.679. The molecule has 0 spiro atoms. The molecule has 82 valence electrons. The number of halogens is 2. The van der Waals surface area contributed by atoms with Crippen molar-refractivity contribution >= 4 is 27.5 Å². The summed E-state index contributed by atoms with van der Waals surface area (Å²) in [7, 11) is 0. The molecule has 2 rings (SSSR count). The summed E-state index contributed by atoms with van der Waals surface area (Å²) < 4.78 is 0.904. The lowest BCUT2D eigenvalue weighted by Gasteiger charge is -2.13. The van der Waals surface area contributed by atoms with Crippen molar-refractivity contribution in [2.75, 3.05) is 0 Å². The zero-order valence-corrected chi connectivity index (χ0v) is 10.7. The molecule has 0 saturated heterocycles. The number of aliphatic hydroxyl groups is 1. The summed E-state index contributed by atoms with van der Waals surface area (Å²) in [4.78, 5) is 0. The Kier molecular flexibility index (Phi) is 3.64. The summed E-state index contributed by atoms with van der Waals surface area (Å²) in [6, 6.07) is 14.9. The van der Waals surface area contributed by atoms with Gasteiger partial charge in [0.25, 0.3) is 0 Å². The standard InChI is InChI=1S/C13H10BrClO/c14-10-6-7-11(12(15)8-10)13(16)9-4-2-1-3-5-9/h1-8,13,16H. The van der Waals surface area contributed by atoms with Crippen LogP contribution in [0.5, 0.6) is 0 Å². The van der Waals surface area contributed by atoms with Gasteiger partial charge in [0.15, 0.2) is 0 Å². The highest BCUT2D eigenvalue weighted by atomic mass is 79.9. The van der Waals surface area contributed by atoms with Crippen LogP contribution in [-0.4, -0.2) is 5.11 Å². The lowest BCUT2D eigenvalue weighted by molar-refractivity contribution is 0.220. The molecular formula is C13H10BrClO. The van der Waals surface area contributed by atoms with Crippen LogP contribution in [0.25, 0.3) is 0 Å². The summed E-state index contributed by atoms with van der Waals surface area (Å²) >= 11 is 9.42. The van der Waals surface area contributed by atoms with Crippen LogP contribution in [0.1, 0.15) is 17.2 Å². The highest BCUT2D eigenvalue weighted by Crippen LogP contribution is 2.30. The Morgan fingerprint density at radius 3 is 2.38 bits per heavy atom. The van der Waals surface area contributed by atoms with Crippen LogP contribution >= 0.6 is 27.5 Å². The van der Waals surface area contributed by atoms with E-state index in [4.69, 9.17) is 11.6 Å². The van der Waals surface area contributed by atoms with E-state index in [1.54, 1.807) is 6.07 Å². The average Bonchev–Trinajstić information content (AvgIpc) is 2.29. The molecule has 0 heterocycles. The van der Waals surface area contributed by atoms with Crippen molar-refractivity contribution in [1.29, 1.82) is 0 Å². The van der Waals surface area contributed by atoms with Crippen LogP contribution in [0.2, 0.25) is 5.02 Å². The molecule has 0 fully saturated rings. The Morgan fingerprint density at radius 2 is 1.75 bits per heavy atom. The van der Waals surface area contributed by atoms with Crippen LogP contribution in [0.4, 0.5) is 0 Å². The zero-order valence-electron chi connectivity index (χ0n) is 8.40. The number of hydrogen-bond donors (Lipinski definition) is 1. The molecule has 1 nitrogen and oxygen atoms in total. The summed E-state index contributed by atoms with van der Waals surface area (Å²) in [5, 5.41) is 10.7. The molecule has 2 aromatic rings. The predicted octanol–water partition coefficient (Wildman–Crippen LogP) is 4.18. The summed E-state index contributed by atoms with van der Waals surface area (Å²) in [6.07, 6.45) is -0.679. The minimum Gasteiger partial charge on any atom is -0.384 e. The van der Waals surface area contributed by atoms with Crippen molar-refractivity contribution in [3.8, 4) is 0 Å². The third kappa shape index (κ3) is 2.46. The molecule has 0 bridgehead atoms. The Morgan fingerprint density at radius 1 is 1.06 bits per heavy atom. The van der Waals surface area contributed by atoms with Crippen molar-refractivity contribution in [2.24, 2.45) is 0 Å². The van der Waals surface area contributed by atoms with E-state index >= 15 is 0 Å². The molecule has 0 aliphatic rings. The third-order valence-electron chi connectivity index (χ3n) is 2.37. The monoisotopic (exact) mass is 296 g/mol. The van der Waals surface area contributed by atoms with E-state index in [1.807, 2.05) is 42.5 Å². The Balaban J connectivity index is 2.38. The van der Waals surface area contributed by atoms with Crippen LogP contribution in [0.3, 0.4) is 0 Å². The fourth-order valence-corrected chi connectivity index (χ4v) is 2.31. The quantitative estimate of drug-likeness (QED) is 0.881. The maximum atomic E-state index is 10.2. The Labute approximate surface area is 108 Å². The second-order valence-corrected chi connectivity index (χ2v) is 4.80. The largest absolute Gasteiger partial charge is 0.384 e. The van der Waals surface area contributed by atoms with Crippen LogP contribution in [0, 0.1) is 0 Å². The van der Waals surface area contributed by atoms with Gasteiger partial charge in [-0.25, -0.2) is 0 Å². The molecule has 0 aliphatic heterocycles. The highest BCUT2D eigenvalue weighted by Gasteiger charge is 2.13. The van der Waals surface area contributed by atoms with Gasteiger partial charge in [-0.1, -0.05) is 63.9 Å². The van der Waals surface area contributed by atoms with Gasteiger partial charge in [0.05, 0.1) is 0 Å². The fraction of sp³-hybridized carbons (Fsp3) is 0.0769. The fourth-order valence-electron chi connectivity index (χ4n) is 1.54. The number of aliphatic hydroxyl groups excluding tert-OH is 1. The Bertz CT molecular complexity index is 485. The van der Waals surface area contributed by atoms with Gasteiger partial charge in [0, 0.05) is 15.1 Å². The lowest BCUT2D eigenvalue weighted by Crippen LogP contribution is -1.99. The number of rotatable bonds is 2. The van der Waals surface area contributed by atoms with E-state index in [1.165, 1.54) is 0 Å². The first-order chi connectivity index (χ1) is 7.68. The molecule has 1 unspecified atom stereocenters. The van der Waals surface area contributed by atoms with Gasteiger partial charge >= 0.3 is 0 Å². The first-order valence-corrected chi connectivity index (χ1v) is 6.03. The molecule has 0 aliphatic carbocycles. The first kappa shape index (κ1) is 11.6. The molecular weight excluding hydrogens is 287 g/mol. The summed E-state index contributed by atoms with van der Waals surface area (Å²) in [5.41, 5.74) is 1.56. The van der Waals surface area contributed by atoms with Gasteiger partial charge in [-0.3, -0.25) is 0 Å². The van der Waals surface area contributed by atoms with Crippen molar-refractivity contribution in [1.82, 2.24) is 0 Å². The van der Waals surface area contributed by atoms with Crippen LogP contribution < -0.4 is 0 Å². The van der Waals surface area contributed by atoms with Gasteiger partial charge in [-0.15, -0.1) is 0 Å². The normalized spacial score (nSPS) is 12.4. The molecule has 3 heteroatoms. The van der Waals surface area contributed by atoms with E-state index in [-0.39, 0.29) is 0 Å². The van der Waals surface area contributed by atoms with Gasteiger partial charge in [0.2, 0.25) is 0 Å².